The quantitative estimate of drug-likeness (QED) is 0.788. The molecule has 0 bridgehead atoms. The number of carbonyl (C=O) groups excluding carboxylic acids is 1. The van der Waals surface area contributed by atoms with Crippen LogP contribution >= 0.6 is 0 Å². The molecule has 3 rings (SSSR count). The highest BCUT2D eigenvalue weighted by Crippen LogP contribution is 2.19. The molecular weight excluding hydrogens is 220 g/mol. The van der Waals surface area contributed by atoms with Crippen molar-refractivity contribution in [2.45, 2.75) is 12.8 Å². The van der Waals surface area contributed by atoms with Crippen LogP contribution in [0, 0.1) is 0 Å². The molecule has 0 unspecified atom stereocenters. The molecule has 5 heteroatoms. The first kappa shape index (κ1) is 10.3. The normalized spacial score (nSPS) is 15.6. The minimum Gasteiger partial charge on any atom is -0.356 e. The lowest BCUT2D eigenvalue weighted by Crippen LogP contribution is -2.28. The second-order valence-corrected chi connectivity index (χ2v) is 3.98. The zero-order valence-electron chi connectivity index (χ0n) is 9.26. The predicted molar refractivity (Wildman–Crippen MR) is 60.0 cm³/mol. The van der Waals surface area contributed by atoms with Gasteiger partial charge in [0.05, 0.1) is 19.6 Å². The molecule has 88 valence electrons. The number of carbonyl (C=O) groups is 1. The van der Waals surface area contributed by atoms with Gasteiger partial charge in [0.2, 0.25) is 0 Å². The van der Waals surface area contributed by atoms with E-state index in [1.54, 1.807) is 0 Å². The molecular formula is C12H12N2O3. The van der Waals surface area contributed by atoms with E-state index in [1.165, 1.54) is 5.06 Å². The molecule has 1 amide bonds. The average Bonchev–Trinajstić information content (AvgIpc) is 2.98. The number of aromatic nitrogens is 1. The van der Waals surface area contributed by atoms with Crippen LogP contribution in [0.1, 0.15) is 12.1 Å². The maximum Gasteiger partial charge on any atom is 0.252 e. The second-order valence-electron chi connectivity index (χ2n) is 3.98. The Kier molecular flexibility index (Phi) is 2.53. The largest absolute Gasteiger partial charge is 0.356 e. The summed E-state index contributed by atoms with van der Waals surface area (Å²) in [5, 5.41) is 6.22. The number of hydrogen-bond donors (Lipinski definition) is 0. The highest BCUT2D eigenvalue weighted by atomic mass is 16.7. The number of benzene rings is 1. The molecule has 1 aromatic heterocycles. The lowest BCUT2D eigenvalue weighted by atomic mass is 10.1. The van der Waals surface area contributed by atoms with Gasteiger partial charge in [-0.15, -0.1) is 0 Å². The minimum atomic E-state index is -0.0680. The van der Waals surface area contributed by atoms with Gasteiger partial charge in [-0.2, -0.15) is 0 Å². The molecule has 0 radical (unpaired) electrons. The monoisotopic (exact) mass is 232 g/mol. The second kappa shape index (κ2) is 4.18. The Labute approximate surface area is 97.9 Å². The number of para-hydroxylation sites is 1. The lowest BCUT2D eigenvalue weighted by molar-refractivity contribution is -0.167. The van der Waals surface area contributed by atoms with Crippen LogP contribution in [0.2, 0.25) is 0 Å². The van der Waals surface area contributed by atoms with Crippen LogP contribution in [0.25, 0.3) is 11.0 Å². The zero-order valence-corrected chi connectivity index (χ0v) is 9.26. The fraction of sp³-hybridized carbons (Fsp3) is 0.333. The minimum absolute atomic E-state index is 0.0680. The molecule has 17 heavy (non-hydrogen) atoms. The van der Waals surface area contributed by atoms with Crippen LogP contribution in [0.4, 0.5) is 0 Å². The third-order valence-electron chi connectivity index (χ3n) is 2.80. The van der Waals surface area contributed by atoms with Crippen molar-refractivity contribution < 1.29 is 14.2 Å². The van der Waals surface area contributed by atoms with Gasteiger partial charge in [0.1, 0.15) is 5.69 Å². The van der Waals surface area contributed by atoms with E-state index < -0.39 is 0 Å². The molecule has 2 heterocycles. The first-order chi connectivity index (χ1) is 8.34. The molecule has 0 spiro atoms. The fourth-order valence-corrected chi connectivity index (χ4v) is 1.94. The number of hydroxylamine groups is 2. The van der Waals surface area contributed by atoms with Crippen molar-refractivity contribution in [3.63, 3.8) is 0 Å². The average molecular weight is 232 g/mol. The van der Waals surface area contributed by atoms with E-state index in [1.807, 2.05) is 24.3 Å². The topological polar surface area (TPSA) is 55.6 Å². The number of fused-ring (bicyclic) bond motifs is 1. The molecule has 1 aliphatic rings. The smallest absolute Gasteiger partial charge is 0.252 e. The summed E-state index contributed by atoms with van der Waals surface area (Å²) in [7, 11) is 0. The Morgan fingerprint density at radius 2 is 2.29 bits per heavy atom. The van der Waals surface area contributed by atoms with Gasteiger partial charge in [0.25, 0.3) is 5.91 Å². The molecule has 1 fully saturated rings. The van der Waals surface area contributed by atoms with Crippen molar-refractivity contribution in [1.82, 2.24) is 10.2 Å². The van der Waals surface area contributed by atoms with Crippen LogP contribution in [0.5, 0.6) is 0 Å². The number of nitrogens with zero attached hydrogens (tertiary/aromatic N) is 2. The van der Waals surface area contributed by atoms with Gasteiger partial charge < -0.3 is 4.52 Å². The Hall–Kier alpha value is -1.88. The van der Waals surface area contributed by atoms with Crippen LogP contribution < -0.4 is 0 Å². The molecule has 0 atom stereocenters. The first-order valence-corrected chi connectivity index (χ1v) is 5.61. The molecule has 1 saturated heterocycles. The highest BCUT2D eigenvalue weighted by molar-refractivity contribution is 5.85. The van der Waals surface area contributed by atoms with Crippen LogP contribution in [0.3, 0.4) is 0 Å². The van der Waals surface area contributed by atoms with Crippen LogP contribution in [-0.2, 0) is 16.1 Å². The summed E-state index contributed by atoms with van der Waals surface area (Å²) in [6.07, 6.45) is 1.11. The summed E-state index contributed by atoms with van der Waals surface area (Å²) in [6.45, 7) is 1.28. The van der Waals surface area contributed by atoms with Gasteiger partial charge in [-0.25, -0.2) is 5.06 Å². The Morgan fingerprint density at radius 3 is 3.12 bits per heavy atom. The summed E-state index contributed by atoms with van der Waals surface area (Å²) in [6, 6.07) is 7.52. The van der Waals surface area contributed by atoms with E-state index in [9.17, 15) is 4.79 Å². The van der Waals surface area contributed by atoms with Crippen molar-refractivity contribution in [2.24, 2.45) is 0 Å². The van der Waals surface area contributed by atoms with Crippen molar-refractivity contribution in [1.29, 1.82) is 0 Å². The van der Waals surface area contributed by atoms with Gasteiger partial charge in [0, 0.05) is 5.39 Å². The molecule has 1 aliphatic heterocycles. The van der Waals surface area contributed by atoms with E-state index in [0.717, 1.165) is 11.8 Å². The molecule has 0 N–H and O–H groups in total. The summed E-state index contributed by atoms with van der Waals surface area (Å²) in [5.41, 5.74) is 1.37. The summed E-state index contributed by atoms with van der Waals surface area (Å²) in [4.78, 5) is 17.1. The zero-order chi connectivity index (χ0) is 11.7. The van der Waals surface area contributed by atoms with Crippen molar-refractivity contribution in [3.05, 3.63) is 30.0 Å². The van der Waals surface area contributed by atoms with E-state index in [2.05, 4.69) is 5.16 Å². The summed E-state index contributed by atoms with van der Waals surface area (Å²) >= 11 is 0. The van der Waals surface area contributed by atoms with E-state index in [4.69, 9.17) is 9.36 Å². The van der Waals surface area contributed by atoms with Gasteiger partial charge in [-0.1, -0.05) is 17.3 Å². The summed E-state index contributed by atoms with van der Waals surface area (Å²) in [5.74, 6) is -0.0680. The van der Waals surface area contributed by atoms with E-state index in [0.29, 0.717) is 24.4 Å². The van der Waals surface area contributed by atoms with Crippen molar-refractivity contribution >= 4 is 16.9 Å². The van der Waals surface area contributed by atoms with E-state index >= 15 is 0 Å². The van der Waals surface area contributed by atoms with Crippen molar-refractivity contribution in [3.8, 4) is 0 Å². The number of hydrogen-bond acceptors (Lipinski definition) is 4. The Morgan fingerprint density at radius 1 is 1.41 bits per heavy atom. The van der Waals surface area contributed by atoms with Gasteiger partial charge in [-0.05, 0) is 18.6 Å². The molecule has 1 aromatic carbocycles. The fourth-order valence-electron chi connectivity index (χ4n) is 1.94. The predicted octanol–water partition coefficient (Wildman–Crippen LogP) is 1.53. The third kappa shape index (κ3) is 1.89. The Bertz CT molecular complexity index is 543. The molecule has 0 saturated carbocycles. The first-order valence-electron chi connectivity index (χ1n) is 5.61. The van der Waals surface area contributed by atoms with Gasteiger partial charge >= 0.3 is 0 Å². The molecule has 0 aliphatic carbocycles. The van der Waals surface area contributed by atoms with Crippen LogP contribution in [-0.4, -0.2) is 29.3 Å². The number of amides is 1. The van der Waals surface area contributed by atoms with E-state index in [-0.39, 0.29) is 12.3 Å². The maximum absolute atomic E-state index is 11.9. The van der Waals surface area contributed by atoms with Gasteiger partial charge in [0.15, 0.2) is 5.58 Å². The third-order valence-corrected chi connectivity index (χ3v) is 2.80. The maximum atomic E-state index is 11.9. The van der Waals surface area contributed by atoms with Gasteiger partial charge in [-0.3, -0.25) is 9.63 Å². The van der Waals surface area contributed by atoms with Crippen molar-refractivity contribution in [2.75, 3.05) is 13.2 Å². The Balaban J connectivity index is 1.82. The molecule has 2 aromatic rings. The molecule has 5 nitrogen and oxygen atoms in total. The lowest BCUT2D eigenvalue weighted by Gasteiger charge is -2.12. The standard InChI is InChI=1S/C12H12N2O3/c15-12(14-6-3-7-16-14)8-10-9-4-1-2-5-11(9)17-13-10/h1-2,4-5H,3,6-8H2. The SMILES string of the molecule is O=C(Cc1noc2ccccc12)N1CCCO1. The highest BCUT2D eigenvalue weighted by Gasteiger charge is 2.21. The number of rotatable bonds is 2. The van der Waals surface area contributed by atoms with Crippen LogP contribution in [0.15, 0.2) is 28.8 Å². The summed E-state index contributed by atoms with van der Waals surface area (Å²) < 4.78 is 5.15.